The number of hydrazine groups is 1. The van der Waals surface area contributed by atoms with Gasteiger partial charge in [-0.15, -0.1) is 0 Å². The lowest BCUT2D eigenvalue weighted by molar-refractivity contribution is 0.519. The summed E-state index contributed by atoms with van der Waals surface area (Å²) in [6.07, 6.45) is 1.48. The average Bonchev–Trinajstić information content (AvgIpc) is 2.43. The molecule has 0 amide bonds. The summed E-state index contributed by atoms with van der Waals surface area (Å²) in [6, 6.07) is 14.9. The summed E-state index contributed by atoms with van der Waals surface area (Å²) in [6.45, 7) is 0. The lowest BCUT2D eigenvalue weighted by Crippen LogP contribution is -2.38. The van der Waals surface area contributed by atoms with Crippen LogP contribution in [0, 0.1) is 5.82 Å². The van der Waals surface area contributed by atoms with E-state index in [-0.39, 0.29) is 11.9 Å². The molecule has 0 radical (unpaired) electrons. The van der Waals surface area contributed by atoms with Crippen LogP contribution < -0.4 is 11.3 Å². The maximum absolute atomic E-state index is 13.3. The monoisotopic (exact) mass is 322 g/mol. The van der Waals surface area contributed by atoms with Gasteiger partial charge in [0.25, 0.3) is 0 Å². The van der Waals surface area contributed by atoms with Gasteiger partial charge in [0, 0.05) is 10.5 Å². The molecule has 0 aromatic heterocycles. The topological polar surface area (TPSA) is 38.0 Å². The predicted octanol–water partition coefficient (Wildman–Crippen LogP) is 3.21. The van der Waals surface area contributed by atoms with Crippen LogP contribution >= 0.6 is 15.9 Å². The van der Waals surface area contributed by atoms with Gasteiger partial charge in [0.2, 0.25) is 0 Å². The highest BCUT2D eigenvalue weighted by molar-refractivity contribution is 9.10. The van der Waals surface area contributed by atoms with E-state index in [0.717, 1.165) is 16.5 Å². The maximum atomic E-state index is 13.3. The van der Waals surface area contributed by atoms with E-state index >= 15 is 0 Å². The number of hydrogen-bond acceptors (Lipinski definition) is 2. The molecule has 4 heteroatoms. The summed E-state index contributed by atoms with van der Waals surface area (Å²) in [7, 11) is 0. The molecule has 2 aromatic carbocycles. The molecule has 0 fully saturated rings. The zero-order valence-electron chi connectivity index (χ0n) is 10.4. The standard InChI is InChI=1S/C15H16BrFN2/c16-15-7-6-13(17)9-12(15)10-14(19-18)8-11-4-2-1-3-5-11/h1-7,9,14,19H,8,10,18H2. The quantitative estimate of drug-likeness (QED) is 0.655. The summed E-state index contributed by atoms with van der Waals surface area (Å²) in [5.74, 6) is 5.37. The number of hydrogen-bond donors (Lipinski definition) is 2. The summed E-state index contributed by atoms with van der Waals surface area (Å²) in [4.78, 5) is 0. The molecule has 0 aliphatic rings. The highest BCUT2D eigenvalue weighted by Gasteiger charge is 2.11. The van der Waals surface area contributed by atoms with Gasteiger partial charge in [-0.05, 0) is 42.2 Å². The summed E-state index contributed by atoms with van der Waals surface area (Å²) >= 11 is 3.44. The first-order valence-electron chi connectivity index (χ1n) is 6.13. The SMILES string of the molecule is NNC(Cc1ccccc1)Cc1cc(F)ccc1Br. The van der Waals surface area contributed by atoms with Crippen molar-refractivity contribution in [2.75, 3.05) is 0 Å². The van der Waals surface area contributed by atoms with E-state index in [1.807, 2.05) is 18.2 Å². The van der Waals surface area contributed by atoms with Crippen molar-refractivity contribution >= 4 is 15.9 Å². The van der Waals surface area contributed by atoms with Crippen molar-refractivity contribution in [1.29, 1.82) is 0 Å². The first kappa shape index (κ1) is 14.2. The number of nitrogens with two attached hydrogens (primary N) is 1. The predicted molar refractivity (Wildman–Crippen MR) is 79.1 cm³/mol. The van der Waals surface area contributed by atoms with Crippen molar-refractivity contribution in [2.24, 2.45) is 5.84 Å². The van der Waals surface area contributed by atoms with Gasteiger partial charge >= 0.3 is 0 Å². The first-order valence-corrected chi connectivity index (χ1v) is 6.92. The number of halogens is 2. The average molecular weight is 323 g/mol. The van der Waals surface area contributed by atoms with Gasteiger partial charge in [-0.1, -0.05) is 46.3 Å². The van der Waals surface area contributed by atoms with Gasteiger partial charge in [0.05, 0.1) is 0 Å². The van der Waals surface area contributed by atoms with Gasteiger partial charge in [-0.2, -0.15) is 0 Å². The Bertz CT molecular complexity index is 531. The molecule has 2 nitrogen and oxygen atoms in total. The Balaban J connectivity index is 2.09. The molecule has 1 unspecified atom stereocenters. The summed E-state index contributed by atoms with van der Waals surface area (Å²) in [5.41, 5.74) is 4.92. The van der Waals surface area contributed by atoms with Crippen LogP contribution in [0.2, 0.25) is 0 Å². The Morgan fingerprint density at radius 1 is 1.11 bits per heavy atom. The molecule has 0 heterocycles. The molecule has 2 rings (SSSR count). The van der Waals surface area contributed by atoms with Crippen LogP contribution in [-0.4, -0.2) is 6.04 Å². The Labute approximate surface area is 120 Å². The van der Waals surface area contributed by atoms with Gasteiger partial charge < -0.3 is 0 Å². The normalized spacial score (nSPS) is 12.4. The van der Waals surface area contributed by atoms with E-state index in [1.165, 1.54) is 11.6 Å². The number of rotatable bonds is 5. The van der Waals surface area contributed by atoms with Gasteiger partial charge in [-0.3, -0.25) is 11.3 Å². The van der Waals surface area contributed by atoms with Crippen molar-refractivity contribution in [2.45, 2.75) is 18.9 Å². The second kappa shape index (κ2) is 6.80. The smallest absolute Gasteiger partial charge is 0.123 e. The molecular formula is C15H16BrFN2. The number of benzene rings is 2. The molecule has 19 heavy (non-hydrogen) atoms. The summed E-state index contributed by atoms with van der Waals surface area (Å²) in [5, 5.41) is 0. The van der Waals surface area contributed by atoms with E-state index in [2.05, 4.69) is 33.5 Å². The van der Waals surface area contributed by atoms with Crippen LogP contribution in [0.1, 0.15) is 11.1 Å². The minimum atomic E-state index is -0.228. The lowest BCUT2D eigenvalue weighted by Gasteiger charge is -2.17. The largest absolute Gasteiger partial charge is 0.271 e. The molecule has 3 N–H and O–H groups in total. The molecule has 0 spiro atoms. The Morgan fingerprint density at radius 2 is 1.84 bits per heavy atom. The molecule has 0 bridgehead atoms. The fourth-order valence-electron chi connectivity index (χ4n) is 2.05. The van der Waals surface area contributed by atoms with Crippen molar-refractivity contribution in [3.63, 3.8) is 0 Å². The second-order valence-corrected chi connectivity index (χ2v) is 5.35. The fraction of sp³-hybridized carbons (Fsp3) is 0.200. The van der Waals surface area contributed by atoms with E-state index in [4.69, 9.17) is 5.84 Å². The van der Waals surface area contributed by atoms with Crippen LogP contribution in [0.15, 0.2) is 53.0 Å². The van der Waals surface area contributed by atoms with Gasteiger partial charge in [0.1, 0.15) is 5.82 Å². The van der Waals surface area contributed by atoms with Crippen LogP contribution in [0.5, 0.6) is 0 Å². The highest BCUT2D eigenvalue weighted by Crippen LogP contribution is 2.20. The summed E-state index contributed by atoms with van der Waals surface area (Å²) < 4.78 is 14.2. The molecule has 0 saturated carbocycles. The molecule has 0 aliphatic heterocycles. The van der Waals surface area contributed by atoms with Crippen LogP contribution in [0.3, 0.4) is 0 Å². The molecule has 0 saturated heterocycles. The van der Waals surface area contributed by atoms with Crippen LogP contribution in [0.4, 0.5) is 4.39 Å². The van der Waals surface area contributed by atoms with E-state index < -0.39 is 0 Å². The molecule has 0 aliphatic carbocycles. The lowest BCUT2D eigenvalue weighted by atomic mass is 9.99. The zero-order chi connectivity index (χ0) is 13.7. The first-order chi connectivity index (χ1) is 9.19. The third kappa shape index (κ3) is 4.13. The molecule has 2 aromatic rings. The second-order valence-electron chi connectivity index (χ2n) is 4.49. The zero-order valence-corrected chi connectivity index (χ0v) is 12.0. The maximum Gasteiger partial charge on any atom is 0.123 e. The highest BCUT2D eigenvalue weighted by atomic mass is 79.9. The van der Waals surface area contributed by atoms with Gasteiger partial charge in [0.15, 0.2) is 0 Å². The molecular weight excluding hydrogens is 307 g/mol. The third-order valence-corrected chi connectivity index (χ3v) is 3.81. The number of nitrogens with one attached hydrogen (secondary N) is 1. The Hall–Kier alpha value is -1.23. The van der Waals surface area contributed by atoms with E-state index in [0.29, 0.717) is 6.42 Å². The fourth-order valence-corrected chi connectivity index (χ4v) is 2.46. The van der Waals surface area contributed by atoms with Gasteiger partial charge in [-0.25, -0.2) is 4.39 Å². The van der Waals surface area contributed by atoms with Crippen molar-refractivity contribution in [3.05, 3.63) is 69.9 Å². The van der Waals surface area contributed by atoms with E-state index in [9.17, 15) is 4.39 Å². The molecule has 100 valence electrons. The van der Waals surface area contributed by atoms with Crippen molar-refractivity contribution in [1.82, 2.24) is 5.43 Å². The Kier molecular flexibility index (Phi) is 5.07. The van der Waals surface area contributed by atoms with Crippen LogP contribution in [-0.2, 0) is 12.8 Å². The molecule has 1 atom stereocenters. The third-order valence-electron chi connectivity index (χ3n) is 3.03. The minimum Gasteiger partial charge on any atom is -0.271 e. The minimum absolute atomic E-state index is 0.0699. The Morgan fingerprint density at radius 3 is 2.53 bits per heavy atom. The van der Waals surface area contributed by atoms with Crippen molar-refractivity contribution < 1.29 is 4.39 Å². The van der Waals surface area contributed by atoms with Crippen LogP contribution in [0.25, 0.3) is 0 Å². The van der Waals surface area contributed by atoms with E-state index in [1.54, 1.807) is 12.1 Å². The van der Waals surface area contributed by atoms with Crippen molar-refractivity contribution in [3.8, 4) is 0 Å².